The Bertz CT molecular complexity index is 554. The molecule has 0 spiro atoms. The minimum Gasteiger partial charge on any atom is -0.239 e. The fourth-order valence-electron chi connectivity index (χ4n) is 1.68. The van der Waals surface area contributed by atoms with E-state index < -0.39 is 5.67 Å². The summed E-state index contributed by atoms with van der Waals surface area (Å²) in [4.78, 5) is 4.24. The predicted octanol–water partition coefficient (Wildman–Crippen LogP) is 3.20. The predicted molar refractivity (Wildman–Crippen MR) is 61.6 cm³/mol. The molecule has 0 aliphatic heterocycles. The number of rotatable bonds is 1. The van der Waals surface area contributed by atoms with Crippen molar-refractivity contribution in [2.45, 2.75) is 33.4 Å². The third-order valence-corrected chi connectivity index (χ3v) is 2.84. The Morgan fingerprint density at radius 3 is 2.56 bits per heavy atom. The molecule has 3 nitrogen and oxygen atoms in total. The summed E-state index contributed by atoms with van der Waals surface area (Å²) in [5, 5.41) is 4.44. The minimum absolute atomic E-state index is 0.286. The highest BCUT2D eigenvalue weighted by molar-refractivity contribution is 6.30. The van der Waals surface area contributed by atoms with Crippen LogP contribution in [0.25, 0.3) is 5.65 Å². The molecule has 0 aromatic carbocycles. The molecule has 0 unspecified atom stereocenters. The summed E-state index contributed by atoms with van der Waals surface area (Å²) < 4.78 is 15.4. The van der Waals surface area contributed by atoms with Crippen LogP contribution in [0.15, 0.2) is 6.07 Å². The first-order chi connectivity index (χ1) is 7.30. The molecular weight excluding hydrogens is 229 g/mol. The van der Waals surface area contributed by atoms with Crippen molar-refractivity contribution >= 4 is 17.2 Å². The molecule has 0 fully saturated rings. The number of fused-ring (bicyclic) bond motifs is 1. The molecule has 0 bridgehead atoms. The molecule has 0 aliphatic rings. The van der Waals surface area contributed by atoms with Crippen LogP contribution in [0.3, 0.4) is 0 Å². The van der Waals surface area contributed by atoms with Gasteiger partial charge in [0.15, 0.2) is 5.65 Å². The summed E-state index contributed by atoms with van der Waals surface area (Å²) in [7, 11) is 0. The molecule has 2 heterocycles. The third-order valence-electron chi connectivity index (χ3n) is 2.48. The number of hydrogen-bond donors (Lipinski definition) is 0. The first-order valence-electron chi connectivity index (χ1n) is 5.02. The number of aromatic nitrogens is 3. The Morgan fingerprint density at radius 2 is 2.00 bits per heavy atom. The number of alkyl halides is 1. The van der Waals surface area contributed by atoms with Gasteiger partial charge in [-0.1, -0.05) is 11.6 Å². The summed E-state index contributed by atoms with van der Waals surface area (Å²) in [6.07, 6.45) is 0. The zero-order valence-electron chi connectivity index (χ0n) is 9.67. The normalized spacial score (nSPS) is 12.4. The summed E-state index contributed by atoms with van der Waals surface area (Å²) in [6, 6.07) is 1.73. The maximum atomic E-state index is 14.0. The molecule has 0 N–H and O–H groups in total. The SMILES string of the molecule is Cc1nc2c(C)cc(C(C)(C)F)c(Cl)n2n1. The van der Waals surface area contributed by atoms with Gasteiger partial charge in [-0.15, -0.1) is 0 Å². The lowest BCUT2D eigenvalue weighted by molar-refractivity contribution is 0.220. The number of aryl methyl sites for hydroxylation is 2. The van der Waals surface area contributed by atoms with Crippen molar-refractivity contribution in [3.63, 3.8) is 0 Å². The lowest BCUT2D eigenvalue weighted by Gasteiger charge is -2.17. The summed E-state index contributed by atoms with van der Waals surface area (Å²) >= 11 is 6.13. The number of nitrogens with zero attached hydrogens (tertiary/aromatic N) is 3. The van der Waals surface area contributed by atoms with E-state index in [2.05, 4.69) is 10.1 Å². The molecule has 2 aromatic heterocycles. The van der Waals surface area contributed by atoms with Crippen molar-refractivity contribution in [2.75, 3.05) is 0 Å². The Balaban J connectivity index is 2.85. The summed E-state index contributed by atoms with van der Waals surface area (Å²) in [5.41, 5.74) is 0.487. The highest BCUT2D eigenvalue weighted by atomic mass is 35.5. The van der Waals surface area contributed by atoms with Crippen LogP contribution in [0, 0.1) is 13.8 Å². The van der Waals surface area contributed by atoms with Gasteiger partial charge in [-0.3, -0.25) is 0 Å². The van der Waals surface area contributed by atoms with E-state index in [-0.39, 0.29) is 5.15 Å². The summed E-state index contributed by atoms with van der Waals surface area (Å²) in [5.74, 6) is 0.624. The molecule has 2 rings (SSSR count). The van der Waals surface area contributed by atoms with E-state index in [0.29, 0.717) is 17.0 Å². The van der Waals surface area contributed by atoms with Crippen LogP contribution in [0.2, 0.25) is 5.15 Å². The van der Waals surface area contributed by atoms with Gasteiger partial charge in [-0.25, -0.2) is 13.9 Å². The smallest absolute Gasteiger partial charge is 0.160 e. The second-order valence-corrected chi connectivity index (χ2v) is 4.76. The first-order valence-corrected chi connectivity index (χ1v) is 5.40. The van der Waals surface area contributed by atoms with Crippen molar-refractivity contribution < 1.29 is 4.39 Å². The van der Waals surface area contributed by atoms with Gasteiger partial charge in [0, 0.05) is 5.56 Å². The molecule has 2 aromatic rings. The Labute approximate surface area is 98.3 Å². The van der Waals surface area contributed by atoms with Gasteiger partial charge >= 0.3 is 0 Å². The molecule has 5 heteroatoms. The standard InChI is InChI=1S/C11H13ClFN3/c1-6-5-8(11(3,4)13)9(12)16-10(6)14-7(2)15-16/h5H,1-4H3. The maximum absolute atomic E-state index is 14.0. The second kappa shape index (κ2) is 3.42. The van der Waals surface area contributed by atoms with E-state index in [0.717, 1.165) is 5.56 Å². The Kier molecular flexibility index (Phi) is 2.42. The molecule has 0 aliphatic carbocycles. The summed E-state index contributed by atoms with van der Waals surface area (Å²) in [6.45, 7) is 6.60. The number of pyridine rings is 1. The van der Waals surface area contributed by atoms with E-state index in [1.807, 2.05) is 6.92 Å². The van der Waals surface area contributed by atoms with Gasteiger partial charge < -0.3 is 0 Å². The highest BCUT2D eigenvalue weighted by Gasteiger charge is 2.25. The zero-order chi connectivity index (χ0) is 12.1. The van der Waals surface area contributed by atoms with E-state index in [1.54, 1.807) is 13.0 Å². The molecule has 0 atom stereocenters. The Hall–Kier alpha value is -1.16. The monoisotopic (exact) mass is 241 g/mol. The topological polar surface area (TPSA) is 30.2 Å². The van der Waals surface area contributed by atoms with Crippen molar-refractivity contribution in [2.24, 2.45) is 0 Å². The third kappa shape index (κ3) is 1.67. The van der Waals surface area contributed by atoms with E-state index in [4.69, 9.17) is 11.6 Å². The van der Waals surface area contributed by atoms with Crippen LogP contribution in [-0.2, 0) is 5.67 Å². The van der Waals surface area contributed by atoms with Gasteiger partial charge in [0.25, 0.3) is 0 Å². The van der Waals surface area contributed by atoms with Crippen LogP contribution in [0.4, 0.5) is 4.39 Å². The average Bonchev–Trinajstić information content (AvgIpc) is 2.52. The lowest BCUT2D eigenvalue weighted by Crippen LogP contribution is -2.13. The minimum atomic E-state index is -1.49. The zero-order valence-corrected chi connectivity index (χ0v) is 10.4. The number of halogens is 2. The lowest BCUT2D eigenvalue weighted by atomic mass is 10.0. The fraction of sp³-hybridized carbons (Fsp3) is 0.455. The van der Waals surface area contributed by atoms with Crippen LogP contribution in [0.1, 0.15) is 30.8 Å². The second-order valence-electron chi connectivity index (χ2n) is 4.40. The van der Waals surface area contributed by atoms with Crippen molar-refractivity contribution in [1.82, 2.24) is 14.6 Å². The van der Waals surface area contributed by atoms with Gasteiger partial charge in [0.1, 0.15) is 16.6 Å². The van der Waals surface area contributed by atoms with E-state index in [1.165, 1.54) is 18.4 Å². The molecule has 0 radical (unpaired) electrons. The molecule has 0 saturated heterocycles. The highest BCUT2D eigenvalue weighted by Crippen LogP contribution is 2.32. The first kappa shape index (κ1) is 11.3. The molecule has 86 valence electrons. The fourth-order valence-corrected chi connectivity index (χ4v) is 2.08. The van der Waals surface area contributed by atoms with Gasteiger partial charge in [-0.05, 0) is 39.3 Å². The van der Waals surface area contributed by atoms with Gasteiger partial charge in [-0.2, -0.15) is 5.10 Å². The Morgan fingerprint density at radius 1 is 1.38 bits per heavy atom. The van der Waals surface area contributed by atoms with Crippen molar-refractivity contribution in [3.8, 4) is 0 Å². The van der Waals surface area contributed by atoms with E-state index >= 15 is 0 Å². The maximum Gasteiger partial charge on any atom is 0.160 e. The van der Waals surface area contributed by atoms with Crippen LogP contribution < -0.4 is 0 Å². The quantitative estimate of drug-likeness (QED) is 0.718. The van der Waals surface area contributed by atoms with Crippen LogP contribution in [0.5, 0.6) is 0 Å². The van der Waals surface area contributed by atoms with Crippen LogP contribution >= 0.6 is 11.6 Å². The van der Waals surface area contributed by atoms with E-state index in [9.17, 15) is 4.39 Å². The molecular formula is C11H13ClFN3. The van der Waals surface area contributed by atoms with Crippen LogP contribution in [-0.4, -0.2) is 14.6 Å². The molecule has 0 saturated carbocycles. The number of hydrogen-bond acceptors (Lipinski definition) is 2. The average molecular weight is 242 g/mol. The molecule has 16 heavy (non-hydrogen) atoms. The largest absolute Gasteiger partial charge is 0.239 e. The van der Waals surface area contributed by atoms with Gasteiger partial charge in [0.2, 0.25) is 0 Å². The van der Waals surface area contributed by atoms with Crippen molar-refractivity contribution in [3.05, 3.63) is 28.2 Å². The van der Waals surface area contributed by atoms with Gasteiger partial charge in [0.05, 0.1) is 0 Å². The van der Waals surface area contributed by atoms with Crippen molar-refractivity contribution in [1.29, 1.82) is 0 Å². The molecule has 0 amide bonds.